The van der Waals surface area contributed by atoms with Gasteiger partial charge in [0.15, 0.2) is 0 Å². The van der Waals surface area contributed by atoms with Gasteiger partial charge < -0.3 is 19.9 Å². The zero-order valence-electron chi connectivity index (χ0n) is 23.1. The molecule has 5 heterocycles. The lowest BCUT2D eigenvalue weighted by atomic mass is 9.89. The van der Waals surface area contributed by atoms with E-state index in [1.54, 1.807) is 23.1 Å². The number of nitriles is 1. The molecule has 10 nitrogen and oxygen atoms in total. The van der Waals surface area contributed by atoms with Crippen molar-refractivity contribution >= 4 is 28.8 Å². The average molecular weight is 577 g/mol. The summed E-state index contributed by atoms with van der Waals surface area (Å²) < 4.78 is 21.0. The van der Waals surface area contributed by atoms with Crippen LogP contribution < -0.4 is 15.0 Å². The number of carbonyl (C=O) groups is 1. The molecule has 0 saturated carbocycles. The van der Waals surface area contributed by atoms with Gasteiger partial charge >= 0.3 is 0 Å². The second kappa shape index (κ2) is 11.7. The van der Waals surface area contributed by atoms with Crippen molar-refractivity contribution in [2.45, 2.75) is 25.3 Å². The lowest BCUT2D eigenvalue weighted by molar-refractivity contribution is 0.0886. The molecule has 4 aromatic rings. The van der Waals surface area contributed by atoms with E-state index in [1.807, 2.05) is 44.1 Å². The minimum atomic E-state index is -0.592. The van der Waals surface area contributed by atoms with Crippen LogP contribution in [0.3, 0.4) is 0 Å². The van der Waals surface area contributed by atoms with Crippen molar-refractivity contribution in [2.75, 3.05) is 45.2 Å². The quantitative estimate of drug-likeness (QED) is 0.332. The van der Waals surface area contributed by atoms with Gasteiger partial charge in [0.2, 0.25) is 0 Å². The van der Waals surface area contributed by atoms with Crippen LogP contribution in [0.15, 0.2) is 49.1 Å². The number of nitrogens with zero attached hydrogens (tertiary/aromatic N) is 7. The van der Waals surface area contributed by atoms with E-state index in [2.05, 4.69) is 26.4 Å². The summed E-state index contributed by atoms with van der Waals surface area (Å²) in [5.74, 6) is 0.448. The summed E-state index contributed by atoms with van der Waals surface area (Å²) in [6.07, 6.45) is 7.45. The third-order valence-electron chi connectivity index (χ3n) is 7.20. The summed E-state index contributed by atoms with van der Waals surface area (Å²) in [7, 11) is 3.97. The van der Waals surface area contributed by atoms with Crippen LogP contribution in [-0.2, 0) is 0 Å². The number of ether oxygens (including phenoxy) is 1. The highest BCUT2D eigenvalue weighted by Crippen LogP contribution is 2.32. The number of aromatic nitrogens is 4. The molecule has 0 spiro atoms. The van der Waals surface area contributed by atoms with Crippen LogP contribution in [-0.4, -0.2) is 76.3 Å². The fourth-order valence-electron chi connectivity index (χ4n) is 4.83. The Balaban J connectivity index is 1.30. The number of nitrogens with one attached hydrogen (secondary N) is 1. The lowest BCUT2D eigenvalue weighted by Crippen LogP contribution is -2.53. The Morgan fingerprint density at radius 2 is 2.00 bits per heavy atom. The number of hydrogen-bond donors (Lipinski definition) is 1. The van der Waals surface area contributed by atoms with E-state index in [4.69, 9.17) is 21.3 Å². The van der Waals surface area contributed by atoms with Crippen molar-refractivity contribution in [2.24, 2.45) is 0 Å². The number of rotatable bonds is 8. The SMILES string of the molecule is CN(C)CCOc1cc(-c2ccc(N3CCC(C)(NC(=O)c4ncc(F)cc4Cl)CC3)nc2)c2c(C#N)cnn2c1. The van der Waals surface area contributed by atoms with E-state index in [0.717, 1.165) is 35.8 Å². The maximum absolute atomic E-state index is 13.3. The number of pyridine rings is 3. The van der Waals surface area contributed by atoms with Gasteiger partial charge in [0.05, 0.1) is 34.7 Å². The van der Waals surface area contributed by atoms with Gasteiger partial charge in [-0.3, -0.25) is 4.79 Å². The van der Waals surface area contributed by atoms with Crippen LogP contribution in [0.1, 0.15) is 35.8 Å². The fraction of sp³-hybridized carbons (Fsp3) is 0.345. The number of halogens is 2. The zero-order valence-corrected chi connectivity index (χ0v) is 23.8. The minimum absolute atomic E-state index is 0.00740. The Kier molecular flexibility index (Phi) is 8.06. The third-order valence-corrected chi connectivity index (χ3v) is 7.49. The molecule has 12 heteroatoms. The zero-order chi connectivity index (χ0) is 29.1. The van der Waals surface area contributed by atoms with Crippen molar-refractivity contribution in [3.63, 3.8) is 0 Å². The summed E-state index contributed by atoms with van der Waals surface area (Å²) in [6, 6.07) is 9.15. The van der Waals surface area contributed by atoms with Crippen LogP contribution in [0, 0.1) is 17.1 Å². The first-order chi connectivity index (χ1) is 19.7. The highest BCUT2D eigenvalue weighted by atomic mass is 35.5. The summed E-state index contributed by atoms with van der Waals surface area (Å²) in [5.41, 5.74) is 2.35. The van der Waals surface area contributed by atoms with Crippen LogP contribution in [0.4, 0.5) is 10.2 Å². The molecule has 4 aromatic heterocycles. The van der Waals surface area contributed by atoms with Gasteiger partial charge in [0.1, 0.15) is 35.8 Å². The molecule has 0 unspecified atom stereocenters. The minimum Gasteiger partial charge on any atom is -0.491 e. The molecule has 5 rings (SSSR count). The second-order valence-corrected chi connectivity index (χ2v) is 11.0. The largest absolute Gasteiger partial charge is 0.491 e. The topological polar surface area (TPSA) is 112 Å². The van der Waals surface area contributed by atoms with Gasteiger partial charge in [-0.25, -0.2) is 18.9 Å². The predicted octanol–water partition coefficient (Wildman–Crippen LogP) is 4.18. The molecule has 1 fully saturated rings. The van der Waals surface area contributed by atoms with Crippen LogP contribution in [0.25, 0.3) is 16.6 Å². The Labute approximate surface area is 242 Å². The van der Waals surface area contributed by atoms with Gasteiger partial charge in [0.25, 0.3) is 5.91 Å². The number of amides is 1. The van der Waals surface area contributed by atoms with E-state index in [9.17, 15) is 14.4 Å². The Hall–Kier alpha value is -4.27. The van der Waals surface area contributed by atoms with Gasteiger partial charge in [-0.15, -0.1) is 0 Å². The maximum Gasteiger partial charge on any atom is 0.271 e. The van der Waals surface area contributed by atoms with Crippen LogP contribution >= 0.6 is 11.6 Å². The monoisotopic (exact) mass is 576 g/mol. The predicted molar refractivity (Wildman–Crippen MR) is 154 cm³/mol. The summed E-state index contributed by atoms with van der Waals surface area (Å²) >= 11 is 6.02. The molecule has 0 aromatic carbocycles. The fourth-order valence-corrected chi connectivity index (χ4v) is 5.06. The number of piperidine rings is 1. The first kappa shape index (κ1) is 28.3. The van der Waals surface area contributed by atoms with E-state index in [0.29, 0.717) is 49.4 Å². The molecule has 1 aliphatic rings. The molecule has 0 atom stereocenters. The van der Waals surface area contributed by atoms with Crippen molar-refractivity contribution in [1.82, 2.24) is 29.8 Å². The van der Waals surface area contributed by atoms with Gasteiger partial charge in [-0.2, -0.15) is 10.4 Å². The Bertz CT molecular complexity index is 1610. The third kappa shape index (κ3) is 6.24. The van der Waals surface area contributed by atoms with E-state index >= 15 is 0 Å². The average Bonchev–Trinajstić information content (AvgIpc) is 3.36. The molecule has 0 aliphatic carbocycles. The molecule has 1 amide bonds. The lowest BCUT2D eigenvalue weighted by Gasteiger charge is -2.40. The normalized spacial score (nSPS) is 14.7. The first-order valence-electron chi connectivity index (χ1n) is 13.2. The molecule has 1 saturated heterocycles. The van der Waals surface area contributed by atoms with Crippen molar-refractivity contribution in [3.05, 3.63) is 71.2 Å². The molecular weight excluding hydrogens is 547 g/mol. The van der Waals surface area contributed by atoms with Gasteiger partial charge in [-0.1, -0.05) is 11.6 Å². The Morgan fingerprint density at radius 3 is 2.66 bits per heavy atom. The number of likely N-dealkylation sites (N-methyl/N-ethyl adjacent to an activating group) is 1. The van der Waals surface area contributed by atoms with E-state index in [-0.39, 0.29) is 10.7 Å². The molecule has 212 valence electrons. The number of carbonyl (C=O) groups excluding carboxylic acids is 1. The maximum atomic E-state index is 13.3. The highest BCUT2D eigenvalue weighted by molar-refractivity contribution is 6.33. The smallest absolute Gasteiger partial charge is 0.271 e. The summed E-state index contributed by atoms with van der Waals surface area (Å²) in [6.45, 7) is 4.61. The van der Waals surface area contributed by atoms with Crippen molar-refractivity contribution in [3.8, 4) is 22.9 Å². The Morgan fingerprint density at radius 1 is 1.22 bits per heavy atom. The molecule has 41 heavy (non-hydrogen) atoms. The first-order valence-corrected chi connectivity index (χ1v) is 13.6. The van der Waals surface area contributed by atoms with E-state index < -0.39 is 17.3 Å². The second-order valence-electron chi connectivity index (χ2n) is 10.6. The van der Waals surface area contributed by atoms with Crippen LogP contribution in [0.5, 0.6) is 5.75 Å². The molecule has 0 radical (unpaired) electrons. The van der Waals surface area contributed by atoms with Gasteiger partial charge in [0, 0.05) is 42.5 Å². The van der Waals surface area contributed by atoms with Gasteiger partial charge in [-0.05, 0) is 58.1 Å². The van der Waals surface area contributed by atoms with E-state index in [1.165, 1.54) is 0 Å². The highest BCUT2D eigenvalue weighted by Gasteiger charge is 2.33. The molecule has 1 aliphatic heterocycles. The van der Waals surface area contributed by atoms with Crippen molar-refractivity contribution in [1.29, 1.82) is 5.26 Å². The number of fused-ring (bicyclic) bond motifs is 1. The van der Waals surface area contributed by atoms with Crippen molar-refractivity contribution < 1.29 is 13.9 Å². The number of hydrogen-bond acceptors (Lipinski definition) is 8. The molecular formula is C29H30ClFN8O2. The molecule has 1 N–H and O–H groups in total. The standard InChI is InChI=1S/C29H30ClFN8O2/c1-29(36-28(40)26-24(30)12-21(31)17-34-26)6-8-38(9-7-29)25-5-4-19(15-33-25)23-13-22(41-11-10-37(2)3)18-39-27(23)20(14-32)16-35-39/h4-5,12-13,15-18H,6-11H2,1-3H3,(H,36,40). The molecule has 0 bridgehead atoms. The van der Waals surface area contributed by atoms with Crippen LogP contribution in [0.2, 0.25) is 5.02 Å². The number of anilines is 1. The summed E-state index contributed by atoms with van der Waals surface area (Å²) in [5, 5.41) is 17.0. The summed E-state index contributed by atoms with van der Waals surface area (Å²) in [4.78, 5) is 25.5.